The van der Waals surface area contributed by atoms with E-state index in [4.69, 9.17) is 4.74 Å². The second-order valence-electron chi connectivity index (χ2n) is 6.93. The standard InChI is InChI=1S/C23H17FN6O2/c1-32-18-10-7-15(8-11-18)20-13-19(27-30(20)17-5-3-2-4-6-17)22(31)26-23-25-21-12-9-16(24)14-29(21)28-23/h2-14H,1H3,(H,26,28,31). The highest BCUT2D eigenvalue weighted by Gasteiger charge is 2.18. The number of para-hydroxylation sites is 1. The second-order valence-corrected chi connectivity index (χ2v) is 6.93. The fraction of sp³-hybridized carbons (Fsp3) is 0.0435. The van der Waals surface area contributed by atoms with Crippen molar-refractivity contribution >= 4 is 17.5 Å². The van der Waals surface area contributed by atoms with Gasteiger partial charge in [0.05, 0.1) is 24.7 Å². The van der Waals surface area contributed by atoms with Crippen molar-refractivity contribution in [3.63, 3.8) is 0 Å². The Kier molecular flexibility index (Phi) is 4.83. The van der Waals surface area contributed by atoms with Crippen LogP contribution in [0.3, 0.4) is 0 Å². The van der Waals surface area contributed by atoms with Crippen LogP contribution in [0.15, 0.2) is 79.0 Å². The zero-order chi connectivity index (χ0) is 22.1. The van der Waals surface area contributed by atoms with Crippen LogP contribution >= 0.6 is 0 Å². The maximum absolute atomic E-state index is 13.4. The van der Waals surface area contributed by atoms with Gasteiger partial charge in [-0.1, -0.05) is 18.2 Å². The van der Waals surface area contributed by atoms with Crippen molar-refractivity contribution in [1.29, 1.82) is 0 Å². The predicted octanol–water partition coefficient (Wildman–Crippen LogP) is 3.98. The summed E-state index contributed by atoms with van der Waals surface area (Å²) in [6, 6.07) is 21.4. The number of halogens is 1. The van der Waals surface area contributed by atoms with Gasteiger partial charge in [-0.15, -0.1) is 5.10 Å². The number of hydrogen-bond donors (Lipinski definition) is 1. The lowest BCUT2D eigenvalue weighted by atomic mass is 10.1. The minimum atomic E-state index is -0.481. The molecule has 0 saturated carbocycles. The van der Waals surface area contributed by atoms with Gasteiger partial charge in [-0.3, -0.25) is 10.1 Å². The van der Waals surface area contributed by atoms with Crippen molar-refractivity contribution in [3.05, 3.63) is 90.5 Å². The van der Waals surface area contributed by atoms with Gasteiger partial charge in [0, 0.05) is 5.56 Å². The Morgan fingerprint density at radius 2 is 1.78 bits per heavy atom. The number of rotatable bonds is 5. The summed E-state index contributed by atoms with van der Waals surface area (Å²) in [5.41, 5.74) is 3.00. The lowest BCUT2D eigenvalue weighted by Crippen LogP contribution is -2.14. The number of pyridine rings is 1. The van der Waals surface area contributed by atoms with Crippen molar-refractivity contribution in [3.8, 4) is 22.7 Å². The minimum absolute atomic E-state index is 0.0564. The largest absolute Gasteiger partial charge is 0.497 e. The van der Waals surface area contributed by atoms with E-state index in [2.05, 4.69) is 20.5 Å². The van der Waals surface area contributed by atoms with Crippen molar-refractivity contribution in [1.82, 2.24) is 24.4 Å². The molecule has 1 amide bonds. The molecule has 0 aliphatic carbocycles. The number of aromatic nitrogens is 5. The molecular formula is C23H17FN6O2. The van der Waals surface area contributed by atoms with Crippen molar-refractivity contribution in [2.75, 3.05) is 12.4 Å². The molecule has 3 aromatic heterocycles. The van der Waals surface area contributed by atoms with Gasteiger partial charge in [0.2, 0.25) is 5.95 Å². The molecule has 32 heavy (non-hydrogen) atoms. The van der Waals surface area contributed by atoms with Gasteiger partial charge in [0.1, 0.15) is 11.6 Å². The van der Waals surface area contributed by atoms with Crippen molar-refractivity contribution < 1.29 is 13.9 Å². The molecule has 9 heteroatoms. The molecule has 0 atom stereocenters. The summed E-state index contributed by atoms with van der Waals surface area (Å²) in [6.45, 7) is 0. The fourth-order valence-electron chi connectivity index (χ4n) is 3.30. The Morgan fingerprint density at radius 1 is 1.00 bits per heavy atom. The zero-order valence-corrected chi connectivity index (χ0v) is 16.9. The number of nitrogens with zero attached hydrogens (tertiary/aromatic N) is 5. The smallest absolute Gasteiger partial charge is 0.278 e. The van der Waals surface area contributed by atoms with Crippen LogP contribution in [0.1, 0.15) is 10.5 Å². The van der Waals surface area contributed by atoms with Gasteiger partial charge in [-0.25, -0.2) is 13.6 Å². The Hall–Kier alpha value is -4.53. The second kappa shape index (κ2) is 7.95. The highest BCUT2D eigenvalue weighted by molar-refractivity contribution is 6.02. The van der Waals surface area contributed by atoms with Gasteiger partial charge >= 0.3 is 0 Å². The Balaban J connectivity index is 1.51. The monoisotopic (exact) mass is 428 g/mol. The first-order valence-electron chi connectivity index (χ1n) is 9.74. The van der Waals surface area contributed by atoms with Crippen LogP contribution in [0.5, 0.6) is 5.75 Å². The van der Waals surface area contributed by atoms with Crippen LogP contribution < -0.4 is 10.1 Å². The summed E-state index contributed by atoms with van der Waals surface area (Å²) < 4.78 is 21.6. The van der Waals surface area contributed by atoms with Crippen molar-refractivity contribution in [2.24, 2.45) is 0 Å². The molecule has 5 aromatic rings. The Bertz CT molecular complexity index is 1410. The number of benzene rings is 2. The normalized spacial score (nSPS) is 10.9. The van der Waals surface area contributed by atoms with E-state index in [9.17, 15) is 9.18 Å². The molecule has 0 radical (unpaired) electrons. The molecule has 0 saturated heterocycles. The first-order chi connectivity index (χ1) is 15.6. The quantitative estimate of drug-likeness (QED) is 0.458. The minimum Gasteiger partial charge on any atom is -0.497 e. The van der Waals surface area contributed by atoms with Crippen LogP contribution in [0.2, 0.25) is 0 Å². The summed E-state index contributed by atoms with van der Waals surface area (Å²) in [5.74, 6) is -0.149. The maximum atomic E-state index is 13.4. The van der Waals surface area contributed by atoms with E-state index >= 15 is 0 Å². The molecular weight excluding hydrogens is 411 g/mol. The molecule has 5 rings (SSSR count). The average Bonchev–Trinajstić information content (AvgIpc) is 3.43. The number of fused-ring (bicyclic) bond motifs is 1. The van der Waals surface area contributed by atoms with Crippen molar-refractivity contribution in [2.45, 2.75) is 0 Å². The Morgan fingerprint density at radius 3 is 2.53 bits per heavy atom. The number of carbonyl (C=O) groups excluding carboxylic acids is 1. The number of carbonyl (C=O) groups is 1. The lowest BCUT2D eigenvalue weighted by molar-refractivity contribution is 0.102. The summed E-state index contributed by atoms with van der Waals surface area (Å²) in [7, 11) is 1.60. The molecule has 3 heterocycles. The molecule has 0 unspecified atom stereocenters. The molecule has 1 N–H and O–H groups in total. The van der Waals surface area contributed by atoms with E-state index in [1.165, 1.54) is 22.8 Å². The van der Waals surface area contributed by atoms with Crippen LogP contribution in [0.4, 0.5) is 10.3 Å². The van der Waals surface area contributed by atoms with Crippen LogP contribution in [-0.2, 0) is 0 Å². The summed E-state index contributed by atoms with van der Waals surface area (Å²) in [5, 5.41) is 11.2. The highest BCUT2D eigenvalue weighted by Crippen LogP contribution is 2.26. The molecule has 0 aliphatic heterocycles. The van der Waals surface area contributed by atoms with Gasteiger partial charge in [0.15, 0.2) is 11.3 Å². The molecule has 0 spiro atoms. The zero-order valence-electron chi connectivity index (χ0n) is 16.9. The van der Waals surface area contributed by atoms with Gasteiger partial charge in [-0.05, 0) is 54.6 Å². The SMILES string of the molecule is COc1ccc(-c2cc(C(=O)Nc3nc4ccc(F)cn4n3)nn2-c2ccccc2)cc1. The number of anilines is 1. The Labute approximate surface area is 181 Å². The van der Waals surface area contributed by atoms with E-state index in [1.807, 2.05) is 54.6 Å². The molecule has 158 valence electrons. The van der Waals surface area contributed by atoms with Crippen LogP contribution in [0.25, 0.3) is 22.6 Å². The number of nitrogens with one attached hydrogen (secondary N) is 1. The molecule has 8 nitrogen and oxygen atoms in total. The third-order valence-corrected chi connectivity index (χ3v) is 4.85. The maximum Gasteiger partial charge on any atom is 0.278 e. The number of amides is 1. The van der Waals surface area contributed by atoms with Crippen LogP contribution in [0, 0.1) is 5.82 Å². The summed E-state index contributed by atoms with van der Waals surface area (Å²) >= 11 is 0. The first kappa shape index (κ1) is 19.4. The van der Waals surface area contributed by atoms with E-state index in [1.54, 1.807) is 17.9 Å². The number of ether oxygens (including phenoxy) is 1. The number of hydrogen-bond acceptors (Lipinski definition) is 5. The highest BCUT2D eigenvalue weighted by atomic mass is 19.1. The van der Waals surface area contributed by atoms with E-state index < -0.39 is 11.7 Å². The van der Waals surface area contributed by atoms with E-state index in [0.717, 1.165) is 22.7 Å². The number of methoxy groups -OCH3 is 1. The summed E-state index contributed by atoms with van der Waals surface area (Å²) in [4.78, 5) is 17.1. The van der Waals surface area contributed by atoms with Gasteiger partial charge in [-0.2, -0.15) is 10.1 Å². The lowest BCUT2D eigenvalue weighted by Gasteiger charge is -2.08. The first-order valence-corrected chi connectivity index (χ1v) is 9.74. The molecule has 0 aliphatic rings. The third-order valence-electron chi connectivity index (χ3n) is 4.85. The fourth-order valence-corrected chi connectivity index (χ4v) is 3.30. The average molecular weight is 428 g/mol. The van der Waals surface area contributed by atoms with Gasteiger partial charge in [0.25, 0.3) is 5.91 Å². The van der Waals surface area contributed by atoms with E-state index in [0.29, 0.717) is 5.65 Å². The predicted molar refractivity (Wildman–Crippen MR) is 116 cm³/mol. The topological polar surface area (TPSA) is 86.3 Å². The molecule has 2 aromatic carbocycles. The third kappa shape index (κ3) is 3.67. The van der Waals surface area contributed by atoms with E-state index in [-0.39, 0.29) is 11.6 Å². The van der Waals surface area contributed by atoms with Crippen LogP contribution in [-0.4, -0.2) is 37.4 Å². The summed E-state index contributed by atoms with van der Waals surface area (Å²) in [6.07, 6.45) is 1.18. The molecule has 0 bridgehead atoms. The van der Waals surface area contributed by atoms with Gasteiger partial charge < -0.3 is 4.74 Å². The molecule has 0 fully saturated rings.